The third-order valence-electron chi connectivity index (χ3n) is 4.40. The van der Waals surface area contributed by atoms with Crippen molar-refractivity contribution in [1.29, 1.82) is 0 Å². The molecule has 0 aliphatic carbocycles. The predicted molar refractivity (Wildman–Crippen MR) is 96.1 cm³/mol. The van der Waals surface area contributed by atoms with Crippen LogP contribution in [0.2, 0.25) is 0 Å². The van der Waals surface area contributed by atoms with Crippen molar-refractivity contribution in [3.05, 3.63) is 54.0 Å². The molecular weight excluding hydrogens is 334 g/mol. The van der Waals surface area contributed by atoms with E-state index in [1.165, 1.54) is 6.21 Å². The highest BCUT2D eigenvalue weighted by atomic mass is 16.5. The highest BCUT2D eigenvalue weighted by Crippen LogP contribution is 2.20. The van der Waals surface area contributed by atoms with Gasteiger partial charge in [-0.1, -0.05) is 0 Å². The molecule has 0 spiro atoms. The average Bonchev–Trinajstić information content (AvgIpc) is 3.21. The van der Waals surface area contributed by atoms with Crippen LogP contribution in [0.3, 0.4) is 0 Å². The summed E-state index contributed by atoms with van der Waals surface area (Å²) in [5.74, 6) is 0.979. The summed E-state index contributed by atoms with van der Waals surface area (Å²) >= 11 is 0. The van der Waals surface area contributed by atoms with E-state index >= 15 is 0 Å². The van der Waals surface area contributed by atoms with Crippen LogP contribution in [0, 0.1) is 5.92 Å². The summed E-state index contributed by atoms with van der Waals surface area (Å²) in [5, 5.41) is 3.90. The molecule has 1 aliphatic heterocycles. The van der Waals surface area contributed by atoms with Gasteiger partial charge < -0.3 is 14.1 Å². The molecule has 0 atom stereocenters. The maximum Gasteiger partial charge on any atom is 0.253 e. The monoisotopic (exact) mass is 355 g/mol. The van der Waals surface area contributed by atoms with Gasteiger partial charge in [0.15, 0.2) is 0 Å². The molecule has 0 radical (unpaired) electrons. The van der Waals surface area contributed by atoms with Gasteiger partial charge >= 0.3 is 0 Å². The van der Waals surface area contributed by atoms with Crippen molar-refractivity contribution < 1.29 is 18.7 Å². The molecule has 0 saturated carbocycles. The third-order valence-corrected chi connectivity index (χ3v) is 4.40. The number of hydrazone groups is 1. The standard InChI is InChI=1S/C19H21N3O4/c1-25-16-6-4-15(5-7-16)19(24)22-10-8-14(9-11-22)18(23)21-20-13-17-3-2-12-26-17/h2-7,12-14H,8-11H2,1H3,(H,21,23)/b20-13-. The zero-order valence-corrected chi connectivity index (χ0v) is 14.6. The molecule has 1 aromatic carbocycles. The number of hydrogen-bond acceptors (Lipinski definition) is 5. The second-order valence-corrected chi connectivity index (χ2v) is 6.04. The van der Waals surface area contributed by atoms with Gasteiger partial charge in [0.1, 0.15) is 11.5 Å². The van der Waals surface area contributed by atoms with Gasteiger partial charge in [-0.25, -0.2) is 5.43 Å². The molecule has 136 valence electrons. The van der Waals surface area contributed by atoms with Crippen molar-refractivity contribution in [2.45, 2.75) is 12.8 Å². The smallest absolute Gasteiger partial charge is 0.253 e. The SMILES string of the molecule is COc1ccc(C(=O)N2CCC(C(=O)N/N=C\c3ccco3)CC2)cc1. The summed E-state index contributed by atoms with van der Waals surface area (Å²) in [6.45, 7) is 1.09. The number of amides is 2. The Kier molecular flexibility index (Phi) is 5.68. The zero-order chi connectivity index (χ0) is 18.4. The fourth-order valence-electron chi connectivity index (χ4n) is 2.88. The maximum absolute atomic E-state index is 12.5. The highest BCUT2D eigenvalue weighted by Gasteiger charge is 2.27. The van der Waals surface area contributed by atoms with Crippen LogP contribution in [0.5, 0.6) is 5.75 Å². The number of benzene rings is 1. The van der Waals surface area contributed by atoms with E-state index in [1.807, 2.05) is 0 Å². The lowest BCUT2D eigenvalue weighted by Gasteiger charge is -2.31. The Bertz CT molecular complexity index is 761. The Balaban J connectivity index is 1.48. The van der Waals surface area contributed by atoms with Crippen LogP contribution in [0.15, 0.2) is 52.2 Å². The minimum absolute atomic E-state index is 0.0256. The second-order valence-electron chi connectivity index (χ2n) is 6.04. The number of methoxy groups -OCH3 is 1. The predicted octanol–water partition coefficient (Wildman–Crippen LogP) is 2.29. The first-order chi connectivity index (χ1) is 12.7. The molecular formula is C19H21N3O4. The summed E-state index contributed by atoms with van der Waals surface area (Å²) in [6.07, 6.45) is 4.23. The Morgan fingerprint density at radius 3 is 2.58 bits per heavy atom. The molecule has 0 unspecified atom stereocenters. The minimum atomic E-state index is -0.149. The number of nitrogens with zero attached hydrogens (tertiary/aromatic N) is 2. The first-order valence-corrected chi connectivity index (χ1v) is 8.47. The molecule has 1 aromatic heterocycles. The van der Waals surface area contributed by atoms with Crippen molar-refractivity contribution in [1.82, 2.24) is 10.3 Å². The van der Waals surface area contributed by atoms with E-state index in [-0.39, 0.29) is 17.7 Å². The number of nitrogens with one attached hydrogen (secondary N) is 1. The first kappa shape index (κ1) is 17.7. The third kappa shape index (κ3) is 4.30. The molecule has 2 aromatic rings. The number of hydrogen-bond donors (Lipinski definition) is 1. The van der Waals surface area contributed by atoms with E-state index < -0.39 is 0 Å². The summed E-state index contributed by atoms with van der Waals surface area (Å²) in [5.41, 5.74) is 3.15. The topological polar surface area (TPSA) is 84.1 Å². The van der Waals surface area contributed by atoms with Gasteiger partial charge in [-0.2, -0.15) is 5.10 Å². The van der Waals surface area contributed by atoms with E-state index in [0.717, 1.165) is 0 Å². The van der Waals surface area contributed by atoms with E-state index in [2.05, 4.69) is 10.5 Å². The van der Waals surface area contributed by atoms with Gasteiger partial charge in [0.2, 0.25) is 5.91 Å². The summed E-state index contributed by atoms with van der Waals surface area (Å²) in [4.78, 5) is 26.5. The van der Waals surface area contributed by atoms with Gasteiger partial charge in [-0.05, 0) is 49.2 Å². The number of ether oxygens (including phenoxy) is 1. The lowest BCUT2D eigenvalue weighted by molar-refractivity contribution is -0.126. The second kappa shape index (κ2) is 8.33. The number of likely N-dealkylation sites (tertiary alicyclic amines) is 1. The van der Waals surface area contributed by atoms with E-state index in [0.29, 0.717) is 43.0 Å². The van der Waals surface area contributed by atoms with Crippen LogP contribution in [0.1, 0.15) is 29.0 Å². The fraction of sp³-hybridized carbons (Fsp3) is 0.316. The number of carbonyl (C=O) groups excluding carboxylic acids is 2. The molecule has 0 bridgehead atoms. The number of rotatable bonds is 5. The lowest BCUT2D eigenvalue weighted by atomic mass is 9.95. The van der Waals surface area contributed by atoms with Crippen LogP contribution >= 0.6 is 0 Å². The maximum atomic E-state index is 12.5. The molecule has 1 N–H and O–H groups in total. The largest absolute Gasteiger partial charge is 0.497 e. The van der Waals surface area contributed by atoms with E-state index in [9.17, 15) is 9.59 Å². The minimum Gasteiger partial charge on any atom is -0.497 e. The Morgan fingerprint density at radius 1 is 1.23 bits per heavy atom. The number of carbonyl (C=O) groups is 2. The van der Waals surface area contributed by atoms with Gasteiger partial charge in [-0.3, -0.25) is 9.59 Å². The Labute approximate surface area is 151 Å². The average molecular weight is 355 g/mol. The first-order valence-electron chi connectivity index (χ1n) is 8.47. The van der Waals surface area contributed by atoms with Crippen LogP contribution in [0.4, 0.5) is 0 Å². The van der Waals surface area contributed by atoms with Gasteiger partial charge in [0.25, 0.3) is 5.91 Å². The summed E-state index contributed by atoms with van der Waals surface area (Å²) in [6, 6.07) is 10.5. The fourth-order valence-corrected chi connectivity index (χ4v) is 2.88. The zero-order valence-electron chi connectivity index (χ0n) is 14.6. The van der Waals surface area contributed by atoms with Crippen molar-refractivity contribution in [3.8, 4) is 5.75 Å². The van der Waals surface area contributed by atoms with Crippen LogP contribution in [-0.4, -0.2) is 43.1 Å². The van der Waals surface area contributed by atoms with Gasteiger partial charge in [0, 0.05) is 24.6 Å². The van der Waals surface area contributed by atoms with Crippen molar-refractivity contribution >= 4 is 18.0 Å². The van der Waals surface area contributed by atoms with Crippen molar-refractivity contribution in [2.75, 3.05) is 20.2 Å². The van der Waals surface area contributed by atoms with Crippen LogP contribution < -0.4 is 10.2 Å². The van der Waals surface area contributed by atoms with Crippen molar-refractivity contribution in [2.24, 2.45) is 11.0 Å². The quantitative estimate of drug-likeness (QED) is 0.659. The molecule has 7 nitrogen and oxygen atoms in total. The lowest BCUT2D eigenvalue weighted by Crippen LogP contribution is -2.42. The molecule has 26 heavy (non-hydrogen) atoms. The van der Waals surface area contributed by atoms with Crippen molar-refractivity contribution in [3.63, 3.8) is 0 Å². The summed E-state index contributed by atoms with van der Waals surface area (Å²) < 4.78 is 10.2. The normalized spacial score (nSPS) is 15.2. The summed E-state index contributed by atoms with van der Waals surface area (Å²) in [7, 11) is 1.59. The van der Waals surface area contributed by atoms with Gasteiger partial charge in [0.05, 0.1) is 19.6 Å². The molecule has 2 heterocycles. The molecule has 2 amide bonds. The highest BCUT2D eigenvalue weighted by molar-refractivity contribution is 5.94. The van der Waals surface area contributed by atoms with Crippen LogP contribution in [-0.2, 0) is 4.79 Å². The molecule has 1 saturated heterocycles. The molecule has 7 heteroatoms. The molecule has 3 rings (SSSR count). The van der Waals surface area contributed by atoms with E-state index in [1.54, 1.807) is 54.7 Å². The van der Waals surface area contributed by atoms with Gasteiger partial charge in [-0.15, -0.1) is 0 Å². The van der Waals surface area contributed by atoms with Crippen LogP contribution in [0.25, 0.3) is 0 Å². The molecule has 1 fully saturated rings. The number of furan rings is 1. The Morgan fingerprint density at radius 2 is 1.96 bits per heavy atom. The number of piperidine rings is 1. The molecule has 1 aliphatic rings. The Hall–Kier alpha value is -3.09. The van der Waals surface area contributed by atoms with E-state index in [4.69, 9.17) is 9.15 Å².